The second-order valence-electron chi connectivity index (χ2n) is 3.78. The van der Waals surface area contributed by atoms with Crippen molar-refractivity contribution in [3.05, 3.63) is 27.4 Å². The molecule has 0 saturated heterocycles. The molecule has 1 aromatic rings. The Balaban J connectivity index is 3.00. The van der Waals surface area contributed by atoms with Crippen molar-refractivity contribution >= 4 is 11.6 Å². The Bertz CT molecular complexity index is 401. The van der Waals surface area contributed by atoms with E-state index >= 15 is 0 Å². The quantitative estimate of drug-likeness (QED) is 0.588. The Kier molecular flexibility index (Phi) is 4.96. The lowest BCUT2D eigenvalue weighted by Crippen LogP contribution is -2.27. The maximum atomic E-state index is 11.7. The van der Waals surface area contributed by atoms with E-state index in [0.717, 1.165) is 0 Å². The van der Waals surface area contributed by atoms with E-state index < -0.39 is 0 Å². The van der Waals surface area contributed by atoms with Crippen molar-refractivity contribution in [3.63, 3.8) is 0 Å². The molecule has 0 aliphatic carbocycles. The summed E-state index contributed by atoms with van der Waals surface area (Å²) in [5.74, 6) is 0.866. The molecular weight excluding hydrogens is 228 g/mol. The molecule has 0 spiro atoms. The van der Waals surface area contributed by atoms with Crippen molar-refractivity contribution in [1.29, 1.82) is 0 Å². The number of rotatable bonds is 5. The maximum Gasteiger partial charge on any atom is 0.255 e. The predicted molar refractivity (Wildman–Crippen MR) is 64.1 cm³/mol. The summed E-state index contributed by atoms with van der Waals surface area (Å²) in [7, 11) is 0. The third kappa shape index (κ3) is 3.32. The van der Waals surface area contributed by atoms with Crippen molar-refractivity contribution < 1.29 is 4.74 Å². The lowest BCUT2D eigenvalue weighted by atomic mass is 10.2. The summed E-state index contributed by atoms with van der Waals surface area (Å²) in [6.45, 7) is 7.56. The molecule has 0 unspecified atom stereocenters. The van der Waals surface area contributed by atoms with Crippen LogP contribution in [0.2, 0.25) is 5.15 Å². The average Bonchev–Trinajstić information content (AvgIpc) is 2.20. The molecule has 0 aliphatic rings. The van der Waals surface area contributed by atoms with Gasteiger partial charge >= 0.3 is 0 Å². The normalized spacial score (nSPS) is 11.1. The summed E-state index contributed by atoms with van der Waals surface area (Å²) in [5.41, 5.74) is -0.122. The third-order valence-corrected chi connectivity index (χ3v) is 2.38. The molecule has 4 nitrogen and oxygen atoms in total. The summed E-state index contributed by atoms with van der Waals surface area (Å²) in [4.78, 5) is 15.9. The maximum absolute atomic E-state index is 11.7. The van der Waals surface area contributed by atoms with E-state index in [1.54, 1.807) is 4.57 Å². The lowest BCUT2D eigenvalue weighted by molar-refractivity contribution is 0.137. The first-order chi connectivity index (χ1) is 7.56. The number of aromatic nitrogens is 2. The fourth-order valence-electron chi connectivity index (χ4n) is 1.46. The van der Waals surface area contributed by atoms with Gasteiger partial charge in [0.25, 0.3) is 5.56 Å². The van der Waals surface area contributed by atoms with Crippen molar-refractivity contribution in [2.75, 3.05) is 13.2 Å². The van der Waals surface area contributed by atoms with Gasteiger partial charge in [0.15, 0.2) is 0 Å². The lowest BCUT2D eigenvalue weighted by Gasteiger charge is -2.14. The Morgan fingerprint density at radius 1 is 1.56 bits per heavy atom. The molecule has 1 rings (SSSR count). The minimum atomic E-state index is -0.122. The molecule has 5 heteroatoms. The average molecular weight is 245 g/mol. The zero-order valence-corrected chi connectivity index (χ0v) is 10.6. The molecule has 0 aromatic carbocycles. The largest absolute Gasteiger partial charge is 0.380 e. The van der Waals surface area contributed by atoms with Crippen LogP contribution in [0.1, 0.15) is 32.5 Å². The van der Waals surface area contributed by atoms with Gasteiger partial charge in [-0.15, -0.1) is 0 Å². The van der Waals surface area contributed by atoms with Crippen LogP contribution in [0.3, 0.4) is 0 Å². The van der Waals surface area contributed by atoms with E-state index in [0.29, 0.717) is 25.6 Å². The molecule has 0 N–H and O–H groups in total. The molecule has 0 atom stereocenters. The molecular formula is C11H17ClN2O2. The smallest absolute Gasteiger partial charge is 0.255 e. The van der Waals surface area contributed by atoms with Crippen LogP contribution in [-0.2, 0) is 11.3 Å². The molecule has 0 radical (unpaired) electrons. The van der Waals surface area contributed by atoms with Gasteiger partial charge in [0, 0.05) is 18.6 Å². The summed E-state index contributed by atoms with van der Waals surface area (Å²) >= 11 is 5.77. The molecule has 1 heterocycles. The van der Waals surface area contributed by atoms with Crippen LogP contribution in [0.25, 0.3) is 0 Å². The molecule has 16 heavy (non-hydrogen) atoms. The van der Waals surface area contributed by atoms with Gasteiger partial charge in [0.1, 0.15) is 11.0 Å². The highest BCUT2D eigenvalue weighted by Gasteiger charge is 2.10. The van der Waals surface area contributed by atoms with Crippen LogP contribution >= 0.6 is 11.6 Å². The van der Waals surface area contributed by atoms with E-state index in [4.69, 9.17) is 16.3 Å². The van der Waals surface area contributed by atoms with Crippen LogP contribution in [0.5, 0.6) is 0 Å². The first-order valence-electron chi connectivity index (χ1n) is 5.41. The van der Waals surface area contributed by atoms with Crippen LogP contribution in [-0.4, -0.2) is 22.8 Å². The van der Waals surface area contributed by atoms with E-state index in [2.05, 4.69) is 4.98 Å². The monoisotopic (exact) mass is 244 g/mol. The molecule has 0 bridgehead atoms. The van der Waals surface area contributed by atoms with Gasteiger partial charge in [-0.05, 0) is 6.92 Å². The summed E-state index contributed by atoms with van der Waals surface area (Å²) in [6, 6.07) is 1.33. The molecule has 1 aromatic heterocycles. The molecule has 90 valence electrons. The molecule has 0 aliphatic heterocycles. The van der Waals surface area contributed by atoms with Crippen LogP contribution in [0.15, 0.2) is 10.9 Å². The Hall–Kier alpha value is -0.870. The fraction of sp³-hybridized carbons (Fsp3) is 0.636. The highest BCUT2D eigenvalue weighted by Crippen LogP contribution is 2.12. The number of hydrogen-bond donors (Lipinski definition) is 0. The van der Waals surface area contributed by atoms with Gasteiger partial charge in [0.2, 0.25) is 0 Å². The Morgan fingerprint density at radius 2 is 2.25 bits per heavy atom. The van der Waals surface area contributed by atoms with E-state index in [1.165, 1.54) is 6.07 Å². The van der Waals surface area contributed by atoms with Crippen LogP contribution in [0, 0.1) is 0 Å². The summed E-state index contributed by atoms with van der Waals surface area (Å²) in [6.07, 6.45) is 0. The predicted octanol–water partition coefficient (Wildman–Crippen LogP) is 2.06. The van der Waals surface area contributed by atoms with Gasteiger partial charge in [0.05, 0.1) is 13.2 Å². The minimum absolute atomic E-state index is 0.122. The van der Waals surface area contributed by atoms with Crippen LogP contribution < -0.4 is 5.56 Å². The highest BCUT2D eigenvalue weighted by molar-refractivity contribution is 6.29. The van der Waals surface area contributed by atoms with E-state index in [9.17, 15) is 4.79 Å². The van der Waals surface area contributed by atoms with Gasteiger partial charge in [-0.2, -0.15) is 0 Å². The molecule has 0 saturated carbocycles. The molecule has 0 fully saturated rings. The summed E-state index contributed by atoms with van der Waals surface area (Å²) < 4.78 is 6.85. The van der Waals surface area contributed by atoms with Crippen molar-refractivity contribution in [3.8, 4) is 0 Å². The van der Waals surface area contributed by atoms with E-state index in [1.807, 2.05) is 20.8 Å². The van der Waals surface area contributed by atoms with Crippen molar-refractivity contribution in [2.24, 2.45) is 0 Å². The fourth-order valence-corrected chi connectivity index (χ4v) is 1.64. The SMILES string of the molecule is CCOCCn1c(C(C)C)nc(Cl)cc1=O. The van der Waals surface area contributed by atoms with Gasteiger partial charge in [-0.25, -0.2) is 4.98 Å². The molecule has 0 amide bonds. The first-order valence-corrected chi connectivity index (χ1v) is 5.79. The topological polar surface area (TPSA) is 44.1 Å². The zero-order valence-electron chi connectivity index (χ0n) is 9.86. The van der Waals surface area contributed by atoms with Crippen molar-refractivity contribution in [2.45, 2.75) is 33.2 Å². The van der Waals surface area contributed by atoms with Gasteiger partial charge < -0.3 is 4.74 Å². The van der Waals surface area contributed by atoms with Gasteiger partial charge in [-0.3, -0.25) is 9.36 Å². The zero-order chi connectivity index (χ0) is 12.1. The summed E-state index contributed by atoms with van der Waals surface area (Å²) in [5, 5.41) is 0.251. The first kappa shape index (κ1) is 13.2. The number of halogens is 1. The minimum Gasteiger partial charge on any atom is -0.380 e. The second kappa shape index (κ2) is 6.01. The van der Waals surface area contributed by atoms with Crippen molar-refractivity contribution in [1.82, 2.24) is 9.55 Å². The second-order valence-corrected chi connectivity index (χ2v) is 4.17. The van der Waals surface area contributed by atoms with Crippen LogP contribution in [0.4, 0.5) is 0 Å². The Labute approximate surface area is 100 Å². The third-order valence-electron chi connectivity index (χ3n) is 2.19. The standard InChI is InChI=1S/C11H17ClN2O2/c1-4-16-6-5-14-10(15)7-9(12)13-11(14)8(2)3/h7-8H,4-6H2,1-3H3. The van der Waals surface area contributed by atoms with Gasteiger partial charge in [-0.1, -0.05) is 25.4 Å². The number of ether oxygens (including phenoxy) is 1. The Morgan fingerprint density at radius 3 is 2.81 bits per heavy atom. The highest BCUT2D eigenvalue weighted by atomic mass is 35.5. The van der Waals surface area contributed by atoms with E-state index in [-0.39, 0.29) is 16.6 Å². The number of nitrogens with zero attached hydrogens (tertiary/aromatic N) is 2. The number of hydrogen-bond acceptors (Lipinski definition) is 3.